The molecule has 1 aliphatic carbocycles. The second kappa shape index (κ2) is 6.11. The second-order valence-corrected chi connectivity index (χ2v) is 6.26. The maximum Gasteiger partial charge on any atom is 0.312 e. The number of aliphatic hydroxyl groups is 1. The predicted molar refractivity (Wildman–Crippen MR) is 79.2 cm³/mol. The minimum Gasteiger partial charge on any atom is -0.390 e. The van der Waals surface area contributed by atoms with Crippen LogP contribution < -0.4 is 5.32 Å². The summed E-state index contributed by atoms with van der Waals surface area (Å²) in [6.07, 6.45) is 4.10. The Kier molecular flexibility index (Phi) is 4.63. The number of hydrogen-bond donors (Lipinski definition) is 2. The molecule has 7 heteroatoms. The van der Waals surface area contributed by atoms with E-state index in [1.165, 1.54) is 17.5 Å². The van der Waals surface area contributed by atoms with Crippen molar-refractivity contribution < 1.29 is 10.0 Å². The Hall–Kier alpha value is -1.47. The van der Waals surface area contributed by atoms with Crippen molar-refractivity contribution in [2.24, 2.45) is 0 Å². The first-order valence-corrected chi connectivity index (χ1v) is 7.44. The van der Waals surface area contributed by atoms with E-state index in [2.05, 4.69) is 17.3 Å². The van der Waals surface area contributed by atoms with Crippen LogP contribution in [0.1, 0.15) is 44.0 Å². The van der Waals surface area contributed by atoms with Gasteiger partial charge in [0, 0.05) is 12.1 Å². The minimum atomic E-state index is -0.611. The highest BCUT2D eigenvalue weighted by Crippen LogP contribution is 2.28. The van der Waals surface area contributed by atoms with Gasteiger partial charge in [0.25, 0.3) is 0 Å². The summed E-state index contributed by atoms with van der Waals surface area (Å²) < 4.78 is 1.52. The average Bonchev–Trinajstić information content (AvgIpc) is 2.93. The molecule has 0 spiro atoms. The monoisotopic (exact) mass is 296 g/mol. The van der Waals surface area contributed by atoms with Crippen LogP contribution in [0.4, 0.5) is 5.69 Å². The lowest BCUT2D eigenvalue weighted by atomic mass is 10.0. The van der Waals surface area contributed by atoms with Gasteiger partial charge in [0.05, 0.1) is 17.6 Å². The van der Waals surface area contributed by atoms with Crippen molar-refractivity contribution in [1.82, 2.24) is 15.1 Å². The van der Waals surface area contributed by atoms with Crippen molar-refractivity contribution >= 4 is 5.69 Å². The molecule has 7 nitrogen and oxygen atoms in total. The lowest BCUT2D eigenvalue weighted by Gasteiger charge is -2.27. The number of aromatic nitrogens is 2. The zero-order valence-corrected chi connectivity index (χ0v) is 12.9. The van der Waals surface area contributed by atoms with E-state index in [0.717, 1.165) is 12.8 Å². The molecule has 0 amide bonds. The number of aryl methyl sites for hydroxylation is 1. The highest BCUT2D eigenvalue weighted by Gasteiger charge is 2.29. The third-order valence-electron chi connectivity index (χ3n) is 4.38. The molecule has 0 bridgehead atoms. The van der Waals surface area contributed by atoms with E-state index >= 15 is 0 Å². The number of nitro groups is 1. The van der Waals surface area contributed by atoms with Gasteiger partial charge in [-0.2, -0.15) is 5.10 Å². The van der Waals surface area contributed by atoms with E-state index in [1.807, 2.05) is 0 Å². The molecular formula is C14H24N4O3. The van der Waals surface area contributed by atoms with Gasteiger partial charge in [0.1, 0.15) is 11.4 Å². The van der Waals surface area contributed by atoms with Crippen LogP contribution in [0.3, 0.4) is 0 Å². The van der Waals surface area contributed by atoms with E-state index in [-0.39, 0.29) is 17.8 Å². The molecule has 1 aliphatic rings. The lowest BCUT2D eigenvalue weighted by molar-refractivity contribution is -0.386. The summed E-state index contributed by atoms with van der Waals surface area (Å²) in [4.78, 5) is 10.5. The second-order valence-electron chi connectivity index (χ2n) is 6.26. The summed E-state index contributed by atoms with van der Waals surface area (Å²) in [6, 6.07) is 0. The first-order valence-electron chi connectivity index (χ1n) is 7.44. The number of β-amino-alcohol motifs (C(OH)–C–C–N with tert-alkyl or cyclic N) is 1. The number of rotatable bonds is 6. The van der Waals surface area contributed by atoms with Crippen molar-refractivity contribution in [2.45, 2.75) is 64.6 Å². The highest BCUT2D eigenvalue weighted by atomic mass is 16.6. The molecule has 0 aliphatic heterocycles. The maximum atomic E-state index is 11.0. The van der Waals surface area contributed by atoms with Crippen LogP contribution in [0.15, 0.2) is 0 Å². The molecule has 21 heavy (non-hydrogen) atoms. The Labute approximate surface area is 124 Å². The van der Waals surface area contributed by atoms with Crippen LogP contribution in [-0.4, -0.2) is 38.0 Å². The first-order chi connectivity index (χ1) is 9.82. The zero-order valence-electron chi connectivity index (χ0n) is 12.9. The molecular weight excluding hydrogens is 272 g/mol. The SMILES string of the molecule is Cc1nn(CC(O)CNC2(C)CCCC2)c(C)c1[N+](=O)[O-]. The van der Waals surface area contributed by atoms with Crippen LogP contribution in [0, 0.1) is 24.0 Å². The van der Waals surface area contributed by atoms with Crippen LogP contribution in [-0.2, 0) is 6.54 Å². The van der Waals surface area contributed by atoms with Crippen LogP contribution in [0.2, 0.25) is 0 Å². The Bertz CT molecular complexity index is 521. The Morgan fingerprint density at radius 1 is 1.48 bits per heavy atom. The maximum absolute atomic E-state index is 11.0. The molecule has 0 saturated heterocycles. The van der Waals surface area contributed by atoms with Crippen molar-refractivity contribution in [3.05, 3.63) is 21.5 Å². The van der Waals surface area contributed by atoms with Crippen molar-refractivity contribution in [2.75, 3.05) is 6.54 Å². The zero-order chi connectivity index (χ0) is 15.6. The van der Waals surface area contributed by atoms with Gasteiger partial charge in [0.2, 0.25) is 0 Å². The van der Waals surface area contributed by atoms with E-state index < -0.39 is 11.0 Å². The number of hydrogen-bond acceptors (Lipinski definition) is 5. The number of nitrogens with one attached hydrogen (secondary N) is 1. The van der Waals surface area contributed by atoms with E-state index in [0.29, 0.717) is 17.9 Å². The molecule has 1 atom stereocenters. The average molecular weight is 296 g/mol. The van der Waals surface area contributed by atoms with Gasteiger partial charge in [-0.05, 0) is 33.6 Å². The van der Waals surface area contributed by atoms with E-state index in [1.54, 1.807) is 13.8 Å². The van der Waals surface area contributed by atoms with E-state index in [9.17, 15) is 15.2 Å². The standard InChI is InChI=1S/C14H24N4O3/c1-10-13(18(20)21)11(2)17(16-10)9-12(19)8-15-14(3)6-4-5-7-14/h12,15,19H,4-9H2,1-3H3. The Morgan fingerprint density at radius 2 is 2.10 bits per heavy atom. The fraction of sp³-hybridized carbons (Fsp3) is 0.786. The molecule has 2 rings (SSSR count). The van der Waals surface area contributed by atoms with Gasteiger partial charge in [-0.25, -0.2) is 0 Å². The molecule has 2 N–H and O–H groups in total. The Morgan fingerprint density at radius 3 is 2.62 bits per heavy atom. The number of aliphatic hydroxyl groups excluding tert-OH is 1. The minimum absolute atomic E-state index is 0.0397. The highest BCUT2D eigenvalue weighted by molar-refractivity contribution is 5.39. The summed E-state index contributed by atoms with van der Waals surface area (Å²) >= 11 is 0. The van der Waals surface area contributed by atoms with Crippen molar-refractivity contribution in [3.8, 4) is 0 Å². The lowest BCUT2D eigenvalue weighted by Crippen LogP contribution is -2.44. The Balaban J connectivity index is 1.95. The van der Waals surface area contributed by atoms with Crippen molar-refractivity contribution in [3.63, 3.8) is 0 Å². The molecule has 0 radical (unpaired) electrons. The fourth-order valence-electron chi connectivity index (χ4n) is 3.09. The largest absolute Gasteiger partial charge is 0.390 e. The summed E-state index contributed by atoms with van der Waals surface area (Å²) in [5.74, 6) is 0. The van der Waals surface area contributed by atoms with Crippen LogP contribution in [0.25, 0.3) is 0 Å². The molecule has 1 aromatic heterocycles. The van der Waals surface area contributed by atoms with Crippen LogP contribution in [0.5, 0.6) is 0 Å². The topological polar surface area (TPSA) is 93.2 Å². The summed E-state index contributed by atoms with van der Waals surface area (Å²) in [5, 5.41) is 28.7. The molecule has 0 aromatic carbocycles. The normalized spacial score (nSPS) is 18.9. The molecule has 1 saturated carbocycles. The van der Waals surface area contributed by atoms with Gasteiger partial charge in [-0.3, -0.25) is 14.8 Å². The first kappa shape index (κ1) is 15.9. The third kappa shape index (κ3) is 3.59. The fourth-order valence-corrected chi connectivity index (χ4v) is 3.09. The smallest absolute Gasteiger partial charge is 0.312 e. The molecule has 118 valence electrons. The quantitative estimate of drug-likeness (QED) is 0.615. The van der Waals surface area contributed by atoms with Gasteiger partial charge in [-0.1, -0.05) is 12.8 Å². The van der Waals surface area contributed by atoms with Crippen LogP contribution >= 0.6 is 0 Å². The molecule has 1 aromatic rings. The predicted octanol–water partition coefficient (Wildman–Crippen LogP) is 1.69. The van der Waals surface area contributed by atoms with Gasteiger partial charge >= 0.3 is 5.69 Å². The van der Waals surface area contributed by atoms with Crippen molar-refractivity contribution in [1.29, 1.82) is 0 Å². The summed E-state index contributed by atoms with van der Waals surface area (Å²) in [7, 11) is 0. The van der Waals surface area contributed by atoms with Gasteiger partial charge < -0.3 is 10.4 Å². The summed E-state index contributed by atoms with van der Waals surface area (Å²) in [6.45, 7) is 6.20. The summed E-state index contributed by atoms with van der Waals surface area (Å²) in [5.41, 5.74) is 1.03. The van der Waals surface area contributed by atoms with Gasteiger partial charge in [-0.15, -0.1) is 0 Å². The number of nitrogens with zero attached hydrogens (tertiary/aromatic N) is 3. The third-order valence-corrected chi connectivity index (χ3v) is 4.38. The molecule has 1 heterocycles. The van der Waals surface area contributed by atoms with Gasteiger partial charge in [0.15, 0.2) is 0 Å². The van der Waals surface area contributed by atoms with E-state index in [4.69, 9.17) is 0 Å². The molecule has 1 unspecified atom stereocenters. The molecule has 1 fully saturated rings.